The molecule has 1 aliphatic rings. The molecule has 3 atom stereocenters. The molecule has 1 amide bonds. The van der Waals surface area contributed by atoms with Gasteiger partial charge in [0.05, 0.1) is 6.04 Å². The van der Waals surface area contributed by atoms with Crippen LogP contribution in [0.3, 0.4) is 0 Å². The highest BCUT2D eigenvalue weighted by Crippen LogP contribution is 2.25. The van der Waals surface area contributed by atoms with Crippen molar-refractivity contribution in [1.82, 2.24) is 5.32 Å². The molecule has 0 unspecified atom stereocenters. The van der Waals surface area contributed by atoms with Gasteiger partial charge in [-0.1, -0.05) is 32.0 Å². The van der Waals surface area contributed by atoms with Gasteiger partial charge in [-0.2, -0.15) is 0 Å². The fraction of sp³-hybridized carbons (Fsp3) is 0.500. The summed E-state index contributed by atoms with van der Waals surface area (Å²) >= 11 is 0. The maximum absolute atomic E-state index is 12.8. The largest absolute Gasteiger partial charge is 0.481 e. The molecule has 30 heavy (non-hydrogen) atoms. The molecule has 2 aromatic carbocycles. The van der Waals surface area contributed by atoms with E-state index in [2.05, 4.69) is 47.5 Å². The molecule has 4 heteroatoms. The first-order chi connectivity index (χ1) is 14.4. The highest BCUT2D eigenvalue weighted by molar-refractivity contribution is 5.81. The standard InChI is InChI=1S/C26H36N2O2/c1-6-25(30-24-15-19(3)14-20(4)16-24)26(29)27-21(5)22-9-11-23(12-10-22)28-13-7-8-18(2)17-28/h9-12,14-16,18,21,25H,6-8,13,17H2,1-5H3,(H,27,29)/t18-,21+,25-/m0/s1. The van der Waals surface area contributed by atoms with Crippen LogP contribution >= 0.6 is 0 Å². The number of carbonyl (C=O) groups is 1. The number of piperidine rings is 1. The van der Waals surface area contributed by atoms with Crippen LogP contribution in [0.5, 0.6) is 5.75 Å². The summed E-state index contributed by atoms with van der Waals surface area (Å²) in [5, 5.41) is 3.13. The van der Waals surface area contributed by atoms with Crippen molar-refractivity contribution >= 4 is 11.6 Å². The summed E-state index contributed by atoms with van der Waals surface area (Å²) in [6.07, 6.45) is 2.70. The van der Waals surface area contributed by atoms with Crippen molar-refractivity contribution in [3.8, 4) is 5.75 Å². The molecule has 4 nitrogen and oxygen atoms in total. The molecule has 1 heterocycles. The summed E-state index contributed by atoms with van der Waals surface area (Å²) < 4.78 is 6.01. The Labute approximate surface area is 181 Å². The van der Waals surface area contributed by atoms with Crippen molar-refractivity contribution in [1.29, 1.82) is 0 Å². The van der Waals surface area contributed by atoms with Crippen LogP contribution in [-0.4, -0.2) is 25.1 Å². The fourth-order valence-electron chi connectivity index (χ4n) is 4.27. The second kappa shape index (κ2) is 10.0. The Hall–Kier alpha value is -2.49. The number of ether oxygens (including phenoxy) is 1. The van der Waals surface area contributed by atoms with Gasteiger partial charge in [-0.3, -0.25) is 4.79 Å². The number of nitrogens with zero attached hydrogens (tertiary/aromatic N) is 1. The molecule has 2 aromatic rings. The predicted octanol–water partition coefficient (Wildman–Crippen LogP) is 5.57. The molecule has 0 saturated carbocycles. The topological polar surface area (TPSA) is 41.6 Å². The Kier molecular flexibility index (Phi) is 7.41. The molecule has 162 valence electrons. The van der Waals surface area contributed by atoms with Gasteiger partial charge in [-0.15, -0.1) is 0 Å². The maximum atomic E-state index is 12.8. The fourth-order valence-corrected chi connectivity index (χ4v) is 4.27. The lowest BCUT2D eigenvalue weighted by Crippen LogP contribution is -2.39. The number of hydrogen-bond donors (Lipinski definition) is 1. The molecule has 1 aliphatic heterocycles. The summed E-state index contributed by atoms with van der Waals surface area (Å²) in [4.78, 5) is 15.3. The molecule has 3 rings (SSSR count). The average molecular weight is 409 g/mol. The van der Waals surface area contributed by atoms with E-state index in [-0.39, 0.29) is 11.9 Å². The van der Waals surface area contributed by atoms with Gasteiger partial charge >= 0.3 is 0 Å². The van der Waals surface area contributed by atoms with Gasteiger partial charge in [0.25, 0.3) is 5.91 Å². The summed E-state index contributed by atoms with van der Waals surface area (Å²) in [5.74, 6) is 1.43. The highest BCUT2D eigenvalue weighted by Gasteiger charge is 2.21. The van der Waals surface area contributed by atoms with E-state index in [0.29, 0.717) is 6.42 Å². The van der Waals surface area contributed by atoms with Crippen molar-refractivity contribution in [2.24, 2.45) is 5.92 Å². The average Bonchev–Trinajstić information content (AvgIpc) is 2.71. The molecule has 1 fully saturated rings. The summed E-state index contributed by atoms with van der Waals surface area (Å²) in [6, 6.07) is 14.6. The van der Waals surface area contributed by atoms with E-state index in [1.807, 2.05) is 39.8 Å². The number of rotatable bonds is 7. The Morgan fingerprint density at radius 3 is 2.43 bits per heavy atom. The molecular formula is C26H36N2O2. The molecular weight excluding hydrogens is 372 g/mol. The van der Waals surface area contributed by atoms with Crippen molar-refractivity contribution < 1.29 is 9.53 Å². The van der Waals surface area contributed by atoms with Crippen molar-refractivity contribution in [2.45, 2.75) is 66.0 Å². The molecule has 0 spiro atoms. The van der Waals surface area contributed by atoms with E-state index in [1.54, 1.807) is 0 Å². The minimum atomic E-state index is -0.497. The van der Waals surface area contributed by atoms with E-state index in [4.69, 9.17) is 4.74 Å². The van der Waals surface area contributed by atoms with Gasteiger partial charge in [0, 0.05) is 18.8 Å². The molecule has 1 N–H and O–H groups in total. The Balaban J connectivity index is 1.60. The van der Waals surface area contributed by atoms with Crippen LogP contribution in [-0.2, 0) is 4.79 Å². The highest BCUT2D eigenvalue weighted by atomic mass is 16.5. The number of hydrogen-bond acceptors (Lipinski definition) is 3. The number of anilines is 1. The zero-order valence-corrected chi connectivity index (χ0v) is 19.1. The zero-order chi connectivity index (χ0) is 21.7. The van der Waals surface area contributed by atoms with Gasteiger partial charge in [-0.05, 0) is 86.9 Å². The lowest BCUT2D eigenvalue weighted by Gasteiger charge is -2.33. The Bertz CT molecular complexity index is 826. The molecule has 0 bridgehead atoms. The van der Waals surface area contributed by atoms with Gasteiger partial charge in [0.1, 0.15) is 5.75 Å². The molecule has 0 aliphatic carbocycles. The van der Waals surface area contributed by atoms with Gasteiger partial charge in [0.2, 0.25) is 0 Å². The summed E-state index contributed by atoms with van der Waals surface area (Å²) in [6.45, 7) is 12.7. The number of benzene rings is 2. The SMILES string of the molecule is CC[C@H](Oc1cc(C)cc(C)c1)C(=O)N[C@H](C)c1ccc(N2CCC[C@H](C)C2)cc1. The van der Waals surface area contributed by atoms with Crippen molar-refractivity contribution in [3.05, 3.63) is 59.2 Å². The minimum absolute atomic E-state index is 0.0660. The third-order valence-corrected chi connectivity index (χ3v) is 5.91. The first-order valence-electron chi connectivity index (χ1n) is 11.3. The molecule has 0 aromatic heterocycles. The van der Waals surface area contributed by atoms with Gasteiger partial charge < -0.3 is 15.0 Å². The van der Waals surface area contributed by atoms with Crippen LogP contribution in [0.1, 0.15) is 62.8 Å². The van der Waals surface area contributed by atoms with Crippen LogP contribution in [0.2, 0.25) is 0 Å². The minimum Gasteiger partial charge on any atom is -0.481 e. The Morgan fingerprint density at radius 2 is 1.83 bits per heavy atom. The van der Waals surface area contributed by atoms with Gasteiger partial charge in [0.15, 0.2) is 6.10 Å². The Morgan fingerprint density at radius 1 is 1.17 bits per heavy atom. The van der Waals surface area contributed by atoms with Crippen molar-refractivity contribution in [2.75, 3.05) is 18.0 Å². The van der Waals surface area contributed by atoms with Crippen molar-refractivity contribution in [3.63, 3.8) is 0 Å². The zero-order valence-electron chi connectivity index (χ0n) is 19.1. The van der Waals surface area contributed by atoms with Crippen LogP contribution in [0.15, 0.2) is 42.5 Å². The number of amides is 1. The lowest BCUT2D eigenvalue weighted by atomic mass is 9.99. The number of nitrogens with one attached hydrogen (secondary N) is 1. The first-order valence-corrected chi connectivity index (χ1v) is 11.3. The molecule has 0 radical (unpaired) electrons. The predicted molar refractivity (Wildman–Crippen MR) is 124 cm³/mol. The second-order valence-electron chi connectivity index (χ2n) is 8.85. The van der Waals surface area contributed by atoms with Crippen LogP contribution in [0.4, 0.5) is 5.69 Å². The number of aryl methyl sites for hydroxylation is 2. The van der Waals surface area contributed by atoms with Crippen LogP contribution < -0.4 is 15.0 Å². The van der Waals surface area contributed by atoms with E-state index >= 15 is 0 Å². The van der Waals surface area contributed by atoms with Crippen LogP contribution in [0.25, 0.3) is 0 Å². The quantitative estimate of drug-likeness (QED) is 0.651. The summed E-state index contributed by atoms with van der Waals surface area (Å²) in [5.41, 5.74) is 4.65. The third-order valence-electron chi connectivity index (χ3n) is 5.91. The second-order valence-corrected chi connectivity index (χ2v) is 8.85. The van der Waals surface area contributed by atoms with E-state index in [9.17, 15) is 4.79 Å². The van der Waals surface area contributed by atoms with Crippen LogP contribution in [0, 0.1) is 19.8 Å². The third kappa shape index (κ3) is 5.78. The molecule has 1 saturated heterocycles. The van der Waals surface area contributed by atoms with E-state index in [0.717, 1.165) is 41.4 Å². The monoisotopic (exact) mass is 408 g/mol. The first kappa shape index (κ1) is 22.2. The normalized spacial score (nSPS) is 18.6. The maximum Gasteiger partial charge on any atom is 0.261 e. The summed E-state index contributed by atoms with van der Waals surface area (Å²) in [7, 11) is 0. The smallest absolute Gasteiger partial charge is 0.261 e. The van der Waals surface area contributed by atoms with Gasteiger partial charge in [-0.25, -0.2) is 0 Å². The lowest BCUT2D eigenvalue weighted by molar-refractivity contribution is -0.128. The van der Waals surface area contributed by atoms with E-state index in [1.165, 1.54) is 18.5 Å². The number of carbonyl (C=O) groups excluding carboxylic acids is 1. The van der Waals surface area contributed by atoms with E-state index < -0.39 is 6.10 Å².